The Bertz CT molecular complexity index is 1130. The number of halogens is 2. The van der Waals surface area contributed by atoms with Gasteiger partial charge in [0.05, 0.1) is 0 Å². The van der Waals surface area contributed by atoms with Crippen molar-refractivity contribution < 1.29 is 9.18 Å². The average molecular weight is 408 g/mol. The van der Waals surface area contributed by atoms with E-state index >= 15 is 0 Å². The zero-order valence-corrected chi connectivity index (χ0v) is 15.8. The van der Waals surface area contributed by atoms with E-state index < -0.39 is 0 Å². The van der Waals surface area contributed by atoms with E-state index in [1.54, 1.807) is 54.9 Å². The Hall–Kier alpha value is -3.58. The van der Waals surface area contributed by atoms with Gasteiger partial charge in [0.1, 0.15) is 5.82 Å². The van der Waals surface area contributed by atoms with E-state index in [2.05, 4.69) is 20.4 Å². The SMILES string of the molecule is O=C(c1ccc(Cl)cc1)n1nc(-c2cccnc2)nc1NCc1ccc(F)cc1. The maximum absolute atomic E-state index is 13.1. The molecule has 0 saturated carbocycles. The molecular formula is C21H15ClFN5O. The molecule has 6 nitrogen and oxygen atoms in total. The Morgan fingerprint density at radius 2 is 1.83 bits per heavy atom. The maximum Gasteiger partial charge on any atom is 0.281 e. The number of hydrogen-bond acceptors (Lipinski definition) is 5. The second-order valence-corrected chi connectivity index (χ2v) is 6.64. The Morgan fingerprint density at radius 1 is 1.07 bits per heavy atom. The number of aromatic nitrogens is 4. The molecule has 8 heteroatoms. The third kappa shape index (κ3) is 4.30. The lowest BCUT2D eigenvalue weighted by Gasteiger charge is -2.07. The van der Waals surface area contributed by atoms with Crippen molar-refractivity contribution in [2.75, 3.05) is 5.32 Å². The number of anilines is 1. The molecule has 2 aromatic carbocycles. The van der Waals surface area contributed by atoms with Crippen molar-refractivity contribution in [3.8, 4) is 11.4 Å². The van der Waals surface area contributed by atoms with Gasteiger partial charge in [0.2, 0.25) is 5.95 Å². The van der Waals surface area contributed by atoms with Gasteiger partial charge in [-0.15, -0.1) is 5.10 Å². The molecule has 0 aliphatic rings. The van der Waals surface area contributed by atoms with Gasteiger partial charge in [0, 0.05) is 35.1 Å². The number of rotatable bonds is 5. The Balaban J connectivity index is 1.67. The van der Waals surface area contributed by atoms with Gasteiger partial charge in [-0.3, -0.25) is 9.78 Å². The predicted molar refractivity (Wildman–Crippen MR) is 108 cm³/mol. The molecule has 0 fully saturated rings. The van der Waals surface area contributed by atoms with Crippen molar-refractivity contribution in [3.05, 3.63) is 95.0 Å². The van der Waals surface area contributed by atoms with E-state index in [1.807, 2.05) is 6.07 Å². The van der Waals surface area contributed by atoms with Crippen LogP contribution in [0.25, 0.3) is 11.4 Å². The highest BCUT2D eigenvalue weighted by molar-refractivity contribution is 6.30. The summed E-state index contributed by atoms with van der Waals surface area (Å²) in [6.45, 7) is 0.347. The zero-order valence-electron chi connectivity index (χ0n) is 15.1. The molecule has 0 spiro atoms. The molecule has 0 amide bonds. The van der Waals surface area contributed by atoms with Gasteiger partial charge in [-0.2, -0.15) is 9.67 Å². The molecule has 0 atom stereocenters. The molecule has 0 aliphatic carbocycles. The van der Waals surface area contributed by atoms with Crippen molar-refractivity contribution >= 4 is 23.5 Å². The van der Waals surface area contributed by atoms with Crippen LogP contribution in [0.5, 0.6) is 0 Å². The van der Waals surface area contributed by atoms with Crippen molar-refractivity contribution in [2.24, 2.45) is 0 Å². The highest BCUT2D eigenvalue weighted by atomic mass is 35.5. The lowest BCUT2D eigenvalue weighted by atomic mass is 10.2. The van der Waals surface area contributed by atoms with E-state index in [9.17, 15) is 9.18 Å². The summed E-state index contributed by atoms with van der Waals surface area (Å²) in [5.74, 6) is -0.0326. The van der Waals surface area contributed by atoms with Gasteiger partial charge in [0.15, 0.2) is 5.82 Å². The molecular weight excluding hydrogens is 393 g/mol. The number of nitrogens with one attached hydrogen (secondary N) is 1. The predicted octanol–water partition coefficient (Wildman–Crippen LogP) is 4.43. The fourth-order valence-corrected chi connectivity index (χ4v) is 2.81. The van der Waals surface area contributed by atoms with Crippen LogP contribution in [0.4, 0.5) is 10.3 Å². The third-order valence-electron chi connectivity index (χ3n) is 4.17. The first-order chi connectivity index (χ1) is 14.1. The first kappa shape index (κ1) is 18.8. The molecule has 2 heterocycles. The normalized spacial score (nSPS) is 10.7. The van der Waals surface area contributed by atoms with Crippen molar-refractivity contribution in [1.29, 1.82) is 0 Å². The van der Waals surface area contributed by atoms with Crippen molar-refractivity contribution in [2.45, 2.75) is 6.54 Å². The molecule has 144 valence electrons. The fourth-order valence-electron chi connectivity index (χ4n) is 2.68. The van der Waals surface area contributed by atoms with Crippen LogP contribution in [0.1, 0.15) is 15.9 Å². The van der Waals surface area contributed by atoms with Crippen LogP contribution in [-0.2, 0) is 6.54 Å². The number of hydrogen-bond donors (Lipinski definition) is 1. The van der Waals surface area contributed by atoms with E-state index in [-0.39, 0.29) is 17.7 Å². The van der Waals surface area contributed by atoms with Gasteiger partial charge >= 0.3 is 0 Å². The molecule has 1 N–H and O–H groups in total. The first-order valence-corrected chi connectivity index (χ1v) is 9.14. The fraction of sp³-hybridized carbons (Fsp3) is 0.0476. The molecule has 0 radical (unpaired) electrons. The molecule has 2 aromatic heterocycles. The summed E-state index contributed by atoms with van der Waals surface area (Å²) in [5.41, 5.74) is 1.93. The summed E-state index contributed by atoms with van der Waals surface area (Å²) >= 11 is 5.91. The van der Waals surface area contributed by atoms with Gasteiger partial charge in [-0.1, -0.05) is 23.7 Å². The highest BCUT2D eigenvalue weighted by Crippen LogP contribution is 2.19. The number of benzene rings is 2. The molecule has 4 rings (SSSR count). The smallest absolute Gasteiger partial charge is 0.281 e. The molecule has 29 heavy (non-hydrogen) atoms. The lowest BCUT2D eigenvalue weighted by Crippen LogP contribution is -2.17. The van der Waals surface area contributed by atoms with Crippen LogP contribution < -0.4 is 5.32 Å². The standard InChI is InChI=1S/C21H15ClFN5O/c22-17-7-5-15(6-8-17)20(29)28-21(25-12-14-3-9-18(23)10-4-14)26-19(27-28)16-2-1-11-24-13-16/h1-11,13H,12H2,(H,25,26,27). The molecule has 0 bridgehead atoms. The minimum Gasteiger partial charge on any atom is -0.350 e. The Labute approximate surface area is 171 Å². The van der Waals surface area contributed by atoms with Crippen LogP contribution in [0.2, 0.25) is 5.02 Å². The first-order valence-electron chi connectivity index (χ1n) is 8.76. The zero-order chi connectivity index (χ0) is 20.2. The van der Waals surface area contributed by atoms with Crippen LogP contribution in [0, 0.1) is 5.82 Å². The van der Waals surface area contributed by atoms with E-state index in [1.165, 1.54) is 16.8 Å². The van der Waals surface area contributed by atoms with Gasteiger partial charge < -0.3 is 5.32 Å². The van der Waals surface area contributed by atoms with Crippen LogP contribution in [-0.4, -0.2) is 25.7 Å². The summed E-state index contributed by atoms with van der Waals surface area (Å²) in [4.78, 5) is 21.5. The number of nitrogens with zero attached hydrogens (tertiary/aromatic N) is 4. The second kappa shape index (κ2) is 8.20. The van der Waals surface area contributed by atoms with Crippen molar-refractivity contribution in [3.63, 3.8) is 0 Å². The summed E-state index contributed by atoms with van der Waals surface area (Å²) in [5, 5.41) is 8.00. The highest BCUT2D eigenvalue weighted by Gasteiger charge is 2.19. The topological polar surface area (TPSA) is 72.7 Å². The van der Waals surface area contributed by atoms with Crippen LogP contribution in [0.15, 0.2) is 73.1 Å². The quantitative estimate of drug-likeness (QED) is 0.529. The Morgan fingerprint density at radius 3 is 2.52 bits per heavy atom. The second-order valence-electron chi connectivity index (χ2n) is 6.20. The summed E-state index contributed by atoms with van der Waals surface area (Å²) in [6.07, 6.45) is 3.27. The molecule has 0 aliphatic heterocycles. The third-order valence-corrected chi connectivity index (χ3v) is 4.43. The van der Waals surface area contributed by atoms with Gasteiger partial charge in [-0.25, -0.2) is 4.39 Å². The molecule has 0 saturated heterocycles. The van der Waals surface area contributed by atoms with Crippen LogP contribution >= 0.6 is 11.6 Å². The summed E-state index contributed by atoms with van der Waals surface area (Å²) < 4.78 is 14.3. The lowest BCUT2D eigenvalue weighted by molar-refractivity contribution is 0.0947. The monoisotopic (exact) mass is 407 g/mol. The number of carbonyl (C=O) groups excluding carboxylic acids is 1. The van der Waals surface area contributed by atoms with Crippen LogP contribution in [0.3, 0.4) is 0 Å². The maximum atomic E-state index is 13.1. The van der Waals surface area contributed by atoms with E-state index in [4.69, 9.17) is 11.6 Å². The summed E-state index contributed by atoms with van der Waals surface area (Å²) in [7, 11) is 0. The number of pyridine rings is 1. The Kier molecular flexibility index (Phi) is 5.31. The minimum atomic E-state index is -0.356. The van der Waals surface area contributed by atoms with Gasteiger partial charge in [-0.05, 0) is 54.1 Å². The average Bonchev–Trinajstić information content (AvgIpc) is 3.18. The molecule has 4 aromatic rings. The largest absolute Gasteiger partial charge is 0.350 e. The number of carbonyl (C=O) groups is 1. The van der Waals surface area contributed by atoms with E-state index in [0.29, 0.717) is 28.5 Å². The van der Waals surface area contributed by atoms with Gasteiger partial charge in [0.25, 0.3) is 5.91 Å². The summed E-state index contributed by atoms with van der Waals surface area (Å²) in [6, 6.07) is 16.2. The van der Waals surface area contributed by atoms with Crippen molar-refractivity contribution in [1.82, 2.24) is 19.7 Å². The minimum absolute atomic E-state index is 0.271. The van der Waals surface area contributed by atoms with E-state index in [0.717, 1.165) is 5.56 Å². The molecule has 0 unspecified atom stereocenters.